The number of hydrogen-bond donors (Lipinski definition) is 2. The van der Waals surface area contributed by atoms with Crippen LogP contribution in [0.5, 0.6) is 0 Å². The third kappa shape index (κ3) is 1.47. The zero-order valence-electron chi connectivity index (χ0n) is 6.57. The summed E-state index contributed by atoms with van der Waals surface area (Å²) in [5.41, 5.74) is 4.25. The Morgan fingerprint density at radius 1 is 1.42 bits per heavy atom. The van der Waals surface area contributed by atoms with E-state index in [0.717, 1.165) is 12.2 Å². The molecular weight excluding hydrogens is 152 g/mol. The maximum Gasteiger partial charge on any atom is 0.0922 e. The van der Waals surface area contributed by atoms with Crippen LogP contribution in [-0.4, -0.2) is 14.6 Å². The summed E-state index contributed by atoms with van der Waals surface area (Å²) in [6.07, 6.45) is 7.38. The fraction of sp³-hybridized carbons (Fsp3) is 0.125. The molecule has 0 saturated heterocycles. The van der Waals surface area contributed by atoms with E-state index < -0.39 is 0 Å². The van der Waals surface area contributed by atoms with Crippen LogP contribution in [0.3, 0.4) is 0 Å². The van der Waals surface area contributed by atoms with Crippen LogP contribution in [0, 0.1) is 0 Å². The number of aromatic amines is 1. The topological polar surface area (TPSA) is 45.6 Å². The molecule has 0 atom stereocenters. The number of aromatic nitrogens is 3. The SMILES string of the molecule is c1ccn(NCc2cnc[nH]2)c1. The van der Waals surface area contributed by atoms with E-state index in [9.17, 15) is 0 Å². The van der Waals surface area contributed by atoms with Crippen molar-refractivity contribution in [2.75, 3.05) is 5.43 Å². The average Bonchev–Trinajstić information content (AvgIpc) is 2.74. The van der Waals surface area contributed by atoms with Crippen molar-refractivity contribution in [3.63, 3.8) is 0 Å². The maximum atomic E-state index is 3.92. The van der Waals surface area contributed by atoms with Gasteiger partial charge in [-0.15, -0.1) is 0 Å². The third-order valence-electron chi connectivity index (χ3n) is 1.61. The first-order valence-electron chi connectivity index (χ1n) is 3.79. The predicted molar refractivity (Wildman–Crippen MR) is 46.1 cm³/mol. The standard InChI is InChI=1S/C8H10N4/c1-2-4-12(3-1)11-6-8-5-9-7-10-8/h1-5,7,11H,6H2,(H,9,10). The third-order valence-corrected chi connectivity index (χ3v) is 1.61. The fourth-order valence-corrected chi connectivity index (χ4v) is 0.998. The Balaban J connectivity index is 1.91. The van der Waals surface area contributed by atoms with E-state index >= 15 is 0 Å². The van der Waals surface area contributed by atoms with Gasteiger partial charge in [-0.1, -0.05) is 0 Å². The minimum atomic E-state index is 0.759. The molecule has 0 aliphatic rings. The van der Waals surface area contributed by atoms with Crippen LogP contribution >= 0.6 is 0 Å². The first-order chi connectivity index (χ1) is 5.95. The van der Waals surface area contributed by atoms with Gasteiger partial charge in [-0.3, -0.25) is 4.68 Å². The van der Waals surface area contributed by atoms with E-state index in [4.69, 9.17) is 0 Å². The second kappa shape index (κ2) is 3.13. The molecule has 0 aromatic carbocycles. The highest BCUT2D eigenvalue weighted by Crippen LogP contribution is 1.92. The van der Waals surface area contributed by atoms with Gasteiger partial charge >= 0.3 is 0 Å². The van der Waals surface area contributed by atoms with Gasteiger partial charge in [0.1, 0.15) is 0 Å². The van der Waals surface area contributed by atoms with Gasteiger partial charge in [0.15, 0.2) is 0 Å². The highest BCUT2D eigenvalue weighted by molar-refractivity contribution is 4.99. The summed E-state index contributed by atoms with van der Waals surface area (Å²) < 4.78 is 1.90. The number of nitrogens with one attached hydrogen (secondary N) is 2. The van der Waals surface area contributed by atoms with Crippen molar-refractivity contribution in [1.29, 1.82) is 0 Å². The van der Waals surface area contributed by atoms with Crippen LogP contribution in [0.15, 0.2) is 37.1 Å². The van der Waals surface area contributed by atoms with E-state index in [-0.39, 0.29) is 0 Å². The van der Waals surface area contributed by atoms with Gasteiger partial charge in [0.05, 0.1) is 18.6 Å². The molecule has 2 rings (SSSR count). The second-order valence-corrected chi connectivity index (χ2v) is 2.50. The normalized spacial score (nSPS) is 10.0. The van der Waals surface area contributed by atoms with Gasteiger partial charge < -0.3 is 10.4 Å². The number of hydrogen-bond acceptors (Lipinski definition) is 2. The number of rotatable bonds is 3. The molecule has 0 bridgehead atoms. The first kappa shape index (κ1) is 6.97. The lowest BCUT2D eigenvalue weighted by Crippen LogP contribution is -2.11. The van der Waals surface area contributed by atoms with Crippen LogP contribution in [-0.2, 0) is 6.54 Å². The molecule has 4 heteroatoms. The summed E-state index contributed by atoms with van der Waals surface area (Å²) in [6.45, 7) is 0.759. The summed E-state index contributed by atoms with van der Waals surface area (Å²) in [7, 11) is 0. The summed E-state index contributed by atoms with van der Waals surface area (Å²) >= 11 is 0. The molecule has 2 heterocycles. The van der Waals surface area contributed by atoms with Gasteiger partial charge in [-0.05, 0) is 12.1 Å². The largest absolute Gasteiger partial charge is 0.347 e. The lowest BCUT2D eigenvalue weighted by molar-refractivity contribution is 0.833. The molecule has 12 heavy (non-hydrogen) atoms. The molecule has 0 spiro atoms. The Kier molecular flexibility index (Phi) is 1.82. The Labute approximate surface area is 70.2 Å². The molecule has 2 aromatic heterocycles. The van der Waals surface area contributed by atoms with Crippen molar-refractivity contribution >= 4 is 0 Å². The van der Waals surface area contributed by atoms with Gasteiger partial charge in [0.2, 0.25) is 0 Å². The quantitative estimate of drug-likeness (QED) is 0.706. The van der Waals surface area contributed by atoms with E-state index in [1.54, 1.807) is 12.5 Å². The van der Waals surface area contributed by atoms with Crippen LogP contribution < -0.4 is 5.43 Å². The molecule has 0 amide bonds. The van der Waals surface area contributed by atoms with Crippen molar-refractivity contribution in [2.24, 2.45) is 0 Å². The molecule has 2 N–H and O–H groups in total. The summed E-state index contributed by atoms with van der Waals surface area (Å²) in [5.74, 6) is 0. The van der Waals surface area contributed by atoms with Gasteiger partial charge in [0, 0.05) is 18.6 Å². The van der Waals surface area contributed by atoms with Gasteiger partial charge in [-0.25, -0.2) is 4.98 Å². The van der Waals surface area contributed by atoms with Gasteiger partial charge in [-0.2, -0.15) is 0 Å². The number of nitrogens with zero attached hydrogens (tertiary/aromatic N) is 2. The van der Waals surface area contributed by atoms with E-state index in [1.165, 1.54) is 0 Å². The van der Waals surface area contributed by atoms with Crippen molar-refractivity contribution in [1.82, 2.24) is 14.6 Å². The summed E-state index contributed by atoms with van der Waals surface area (Å²) in [4.78, 5) is 6.93. The lowest BCUT2D eigenvalue weighted by atomic mass is 10.5. The molecule has 0 fully saturated rings. The zero-order valence-corrected chi connectivity index (χ0v) is 6.57. The molecular formula is C8H10N4. The van der Waals surface area contributed by atoms with Gasteiger partial charge in [0.25, 0.3) is 0 Å². The molecule has 62 valence electrons. The first-order valence-corrected chi connectivity index (χ1v) is 3.79. The second-order valence-electron chi connectivity index (χ2n) is 2.50. The Bertz CT molecular complexity index is 274. The van der Waals surface area contributed by atoms with Crippen LogP contribution in [0.1, 0.15) is 5.69 Å². The molecule has 4 nitrogen and oxygen atoms in total. The lowest BCUT2D eigenvalue weighted by Gasteiger charge is -2.04. The molecule has 0 aliphatic carbocycles. The monoisotopic (exact) mass is 162 g/mol. The molecule has 2 aromatic rings. The zero-order chi connectivity index (χ0) is 8.23. The minimum Gasteiger partial charge on any atom is -0.347 e. The average molecular weight is 162 g/mol. The molecule has 0 saturated carbocycles. The summed E-state index contributed by atoms with van der Waals surface area (Å²) in [6, 6.07) is 3.94. The smallest absolute Gasteiger partial charge is 0.0922 e. The Morgan fingerprint density at radius 3 is 2.92 bits per heavy atom. The van der Waals surface area contributed by atoms with Crippen molar-refractivity contribution in [2.45, 2.75) is 6.54 Å². The number of imidazole rings is 1. The fourth-order valence-electron chi connectivity index (χ4n) is 0.998. The highest BCUT2D eigenvalue weighted by Gasteiger charge is 1.91. The molecule has 0 radical (unpaired) electrons. The molecule has 0 unspecified atom stereocenters. The van der Waals surface area contributed by atoms with Crippen LogP contribution in [0.4, 0.5) is 0 Å². The van der Waals surface area contributed by atoms with Crippen LogP contribution in [0.25, 0.3) is 0 Å². The van der Waals surface area contributed by atoms with E-state index in [2.05, 4.69) is 15.4 Å². The van der Waals surface area contributed by atoms with E-state index in [0.29, 0.717) is 0 Å². The number of H-pyrrole nitrogens is 1. The van der Waals surface area contributed by atoms with Crippen molar-refractivity contribution < 1.29 is 0 Å². The predicted octanol–water partition coefficient (Wildman–Crippen LogP) is 0.955. The Morgan fingerprint density at radius 2 is 2.25 bits per heavy atom. The van der Waals surface area contributed by atoms with Crippen LogP contribution in [0.2, 0.25) is 0 Å². The van der Waals surface area contributed by atoms with E-state index in [1.807, 2.05) is 29.2 Å². The minimum absolute atomic E-state index is 0.759. The maximum absolute atomic E-state index is 3.92. The Hall–Kier alpha value is -1.71. The molecule has 0 aliphatic heterocycles. The van der Waals surface area contributed by atoms with Crippen molar-refractivity contribution in [3.8, 4) is 0 Å². The summed E-state index contributed by atoms with van der Waals surface area (Å²) in [5, 5.41) is 0. The highest BCUT2D eigenvalue weighted by atomic mass is 15.4. The van der Waals surface area contributed by atoms with Crippen molar-refractivity contribution in [3.05, 3.63) is 42.7 Å².